The van der Waals surface area contributed by atoms with E-state index in [4.69, 9.17) is 9.47 Å². The SMILES string of the molecule is COc1cc(F)cc(CC(=O)C2CC3CCCC(C2)N3C(=O)OC(C)(C)C)c1. The Hall–Kier alpha value is -2.11. The van der Waals surface area contributed by atoms with Crippen molar-refractivity contribution in [3.05, 3.63) is 29.6 Å². The third-order valence-electron chi connectivity index (χ3n) is 5.58. The Balaban J connectivity index is 1.68. The lowest BCUT2D eigenvalue weighted by molar-refractivity contribution is -0.126. The highest BCUT2D eigenvalue weighted by atomic mass is 19.1. The number of nitrogens with zero attached hydrogens (tertiary/aromatic N) is 1. The fourth-order valence-electron chi connectivity index (χ4n) is 4.44. The highest BCUT2D eigenvalue weighted by Gasteiger charge is 2.44. The Labute approximate surface area is 166 Å². The number of amides is 1. The summed E-state index contributed by atoms with van der Waals surface area (Å²) in [6.07, 6.45) is 4.08. The van der Waals surface area contributed by atoms with Gasteiger partial charge in [-0.3, -0.25) is 4.79 Å². The van der Waals surface area contributed by atoms with E-state index in [9.17, 15) is 14.0 Å². The number of hydrogen-bond donors (Lipinski definition) is 0. The van der Waals surface area contributed by atoms with E-state index in [1.807, 2.05) is 25.7 Å². The summed E-state index contributed by atoms with van der Waals surface area (Å²) in [4.78, 5) is 27.4. The monoisotopic (exact) mass is 391 g/mol. The molecule has 1 aromatic carbocycles. The van der Waals surface area contributed by atoms with Crippen LogP contribution in [0.15, 0.2) is 18.2 Å². The molecule has 2 unspecified atom stereocenters. The first-order valence-corrected chi connectivity index (χ1v) is 10.0. The molecule has 0 spiro atoms. The minimum absolute atomic E-state index is 0.0401. The van der Waals surface area contributed by atoms with E-state index in [0.717, 1.165) is 19.3 Å². The number of ketones is 1. The van der Waals surface area contributed by atoms with Gasteiger partial charge in [-0.1, -0.05) is 0 Å². The topological polar surface area (TPSA) is 55.8 Å². The van der Waals surface area contributed by atoms with Crippen molar-refractivity contribution in [2.75, 3.05) is 7.11 Å². The molecule has 0 aliphatic carbocycles. The van der Waals surface area contributed by atoms with Crippen molar-refractivity contribution in [1.29, 1.82) is 0 Å². The number of Topliss-reactive ketones (excluding diaryl/α,β-unsaturated/α-hetero) is 1. The number of carbonyl (C=O) groups excluding carboxylic acids is 2. The zero-order valence-electron chi connectivity index (χ0n) is 17.2. The number of methoxy groups -OCH3 is 1. The molecule has 1 amide bonds. The second-order valence-electron chi connectivity index (χ2n) is 8.94. The van der Waals surface area contributed by atoms with Gasteiger partial charge in [-0.15, -0.1) is 0 Å². The van der Waals surface area contributed by atoms with E-state index < -0.39 is 11.4 Å². The molecule has 0 radical (unpaired) electrons. The van der Waals surface area contributed by atoms with Crippen LogP contribution in [0.5, 0.6) is 5.75 Å². The van der Waals surface area contributed by atoms with Crippen molar-refractivity contribution in [1.82, 2.24) is 4.90 Å². The fraction of sp³-hybridized carbons (Fsp3) is 0.636. The smallest absolute Gasteiger partial charge is 0.410 e. The molecular weight excluding hydrogens is 361 g/mol. The van der Waals surface area contributed by atoms with Gasteiger partial charge in [0.15, 0.2) is 0 Å². The number of benzene rings is 1. The number of carbonyl (C=O) groups is 2. The molecule has 2 heterocycles. The lowest BCUT2D eigenvalue weighted by atomic mass is 9.76. The number of ether oxygens (including phenoxy) is 2. The predicted octanol–water partition coefficient (Wildman–Crippen LogP) is 4.51. The largest absolute Gasteiger partial charge is 0.497 e. The summed E-state index contributed by atoms with van der Waals surface area (Å²) in [5.41, 5.74) is 0.0932. The highest BCUT2D eigenvalue weighted by molar-refractivity contribution is 5.84. The van der Waals surface area contributed by atoms with Crippen molar-refractivity contribution in [2.24, 2.45) is 5.92 Å². The Bertz CT molecular complexity index is 729. The average Bonchev–Trinajstić information content (AvgIpc) is 2.58. The maximum atomic E-state index is 13.7. The van der Waals surface area contributed by atoms with E-state index in [1.54, 1.807) is 6.07 Å². The standard InChI is InChI=1S/C22H30FNO4/c1-22(2,3)28-21(26)24-17-6-5-7-18(24)12-15(11-17)20(25)10-14-8-16(23)13-19(9-14)27-4/h8-9,13,15,17-18H,5-7,10-12H2,1-4H3. The number of fused-ring (bicyclic) bond motifs is 2. The van der Waals surface area contributed by atoms with Gasteiger partial charge in [0.1, 0.15) is 23.0 Å². The Morgan fingerprint density at radius 3 is 2.36 bits per heavy atom. The van der Waals surface area contributed by atoms with Gasteiger partial charge in [-0.2, -0.15) is 0 Å². The first kappa shape index (κ1) is 20.6. The van der Waals surface area contributed by atoms with Crippen LogP contribution in [0.3, 0.4) is 0 Å². The van der Waals surface area contributed by atoms with Gasteiger partial charge >= 0.3 is 6.09 Å². The molecule has 3 rings (SSSR count). The van der Waals surface area contributed by atoms with E-state index in [1.165, 1.54) is 19.2 Å². The van der Waals surface area contributed by atoms with E-state index >= 15 is 0 Å². The minimum atomic E-state index is -0.533. The first-order chi connectivity index (χ1) is 13.2. The maximum Gasteiger partial charge on any atom is 0.410 e. The van der Waals surface area contributed by atoms with Gasteiger partial charge in [-0.05, 0) is 70.6 Å². The highest BCUT2D eigenvalue weighted by Crippen LogP contribution is 2.38. The lowest BCUT2D eigenvalue weighted by Crippen LogP contribution is -2.56. The first-order valence-electron chi connectivity index (χ1n) is 10.0. The lowest BCUT2D eigenvalue weighted by Gasteiger charge is -2.48. The van der Waals surface area contributed by atoms with Crippen LogP contribution in [0.4, 0.5) is 9.18 Å². The van der Waals surface area contributed by atoms with Gasteiger partial charge in [0, 0.05) is 30.5 Å². The number of rotatable bonds is 4. The number of piperidine rings is 2. The summed E-state index contributed by atoms with van der Waals surface area (Å²) in [7, 11) is 1.48. The second kappa shape index (κ2) is 8.10. The molecule has 2 aliphatic heterocycles. The maximum absolute atomic E-state index is 13.7. The molecule has 28 heavy (non-hydrogen) atoms. The molecule has 1 aromatic rings. The Morgan fingerprint density at radius 1 is 1.14 bits per heavy atom. The second-order valence-corrected chi connectivity index (χ2v) is 8.94. The van der Waals surface area contributed by atoms with Crippen LogP contribution in [0.25, 0.3) is 0 Å². The van der Waals surface area contributed by atoms with Crippen LogP contribution in [0.2, 0.25) is 0 Å². The normalized spacial score (nSPS) is 24.6. The molecule has 2 fully saturated rings. The summed E-state index contributed by atoms with van der Waals surface area (Å²) < 4.78 is 24.4. The molecule has 154 valence electrons. The molecule has 5 nitrogen and oxygen atoms in total. The molecular formula is C22H30FNO4. The van der Waals surface area contributed by atoms with Crippen LogP contribution in [-0.4, -0.2) is 41.6 Å². The predicted molar refractivity (Wildman–Crippen MR) is 104 cm³/mol. The van der Waals surface area contributed by atoms with Crippen molar-refractivity contribution in [2.45, 2.75) is 77.0 Å². The Morgan fingerprint density at radius 2 is 1.79 bits per heavy atom. The van der Waals surface area contributed by atoms with E-state index in [-0.39, 0.29) is 36.3 Å². The third kappa shape index (κ3) is 4.83. The zero-order chi connectivity index (χ0) is 20.5. The van der Waals surface area contributed by atoms with Crippen LogP contribution < -0.4 is 4.74 Å². The fourth-order valence-corrected chi connectivity index (χ4v) is 4.44. The molecule has 0 N–H and O–H groups in total. The molecule has 2 aliphatic rings. The Kier molecular flexibility index (Phi) is 5.96. The molecule has 0 aromatic heterocycles. The third-order valence-corrected chi connectivity index (χ3v) is 5.58. The van der Waals surface area contributed by atoms with Crippen molar-refractivity contribution in [3.63, 3.8) is 0 Å². The molecule has 2 bridgehead atoms. The van der Waals surface area contributed by atoms with Gasteiger partial charge < -0.3 is 14.4 Å². The van der Waals surface area contributed by atoms with Gasteiger partial charge in [0.25, 0.3) is 0 Å². The van der Waals surface area contributed by atoms with E-state index in [0.29, 0.717) is 24.2 Å². The summed E-state index contributed by atoms with van der Waals surface area (Å²) >= 11 is 0. The van der Waals surface area contributed by atoms with Crippen molar-refractivity contribution in [3.8, 4) is 5.75 Å². The summed E-state index contributed by atoms with van der Waals surface area (Å²) in [6, 6.07) is 4.48. The summed E-state index contributed by atoms with van der Waals surface area (Å²) in [5, 5.41) is 0. The number of hydrogen-bond acceptors (Lipinski definition) is 4. The molecule has 2 atom stereocenters. The quantitative estimate of drug-likeness (QED) is 0.758. The summed E-state index contributed by atoms with van der Waals surface area (Å²) in [6.45, 7) is 5.60. The van der Waals surface area contributed by atoms with Crippen LogP contribution >= 0.6 is 0 Å². The average molecular weight is 391 g/mol. The number of halogens is 1. The van der Waals surface area contributed by atoms with Crippen LogP contribution in [0, 0.1) is 11.7 Å². The molecule has 0 saturated carbocycles. The van der Waals surface area contributed by atoms with Crippen LogP contribution in [-0.2, 0) is 16.0 Å². The van der Waals surface area contributed by atoms with Gasteiger partial charge in [-0.25, -0.2) is 9.18 Å². The van der Waals surface area contributed by atoms with Crippen LogP contribution in [0.1, 0.15) is 58.4 Å². The molecule has 2 saturated heterocycles. The molecule has 6 heteroatoms. The van der Waals surface area contributed by atoms with Crippen molar-refractivity contribution >= 4 is 11.9 Å². The minimum Gasteiger partial charge on any atom is -0.497 e. The van der Waals surface area contributed by atoms with Gasteiger partial charge in [0.05, 0.1) is 7.11 Å². The zero-order valence-corrected chi connectivity index (χ0v) is 17.2. The van der Waals surface area contributed by atoms with Crippen molar-refractivity contribution < 1.29 is 23.5 Å². The van der Waals surface area contributed by atoms with Gasteiger partial charge in [0.2, 0.25) is 0 Å². The summed E-state index contributed by atoms with van der Waals surface area (Å²) in [5.74, 6) is 0.00909. The van der Waals surface area contributed by atoms with E-state index in [2.05, 4.69) is 0 Å².